The Morgan fingerprint density at radius 1 is 1.06 bits per heavy atom. The topological polar surface area (TPSA) is 67.9 Å². The first-order valence-electron chi connectivity index (χ1n) is 11.2. The Morgan fingerprint density at radius 2 is 1.77 bits per heavy atom. The summed E-state index contributed by atoms with van der Waals surface area (Å²) in [5, 5.41) is 3.18. The fourth-order valence-electron chi connectivity index (χ4n) is 4.87. The van der Waals surface area contributed by atoms with Crippen LogP contribution in [0.1, 0.15) is 65.7 Å². The van der Waals surface area contributed by atoms with Gasteiger partial charge >= 0.3 is 0 Å². The van der Waals surface area contributed by atoms with Crippen molar-refractivity contribution < 1.29 is 19.1 Å². The predicted molar refractivity (Wildman–Crippen MR) is 117 cm³/mol. The second kappa shape index (κ2) is 7.91. The van der Waals surface area contributed by atoms with Gasteiger partial charge in [-0.05, 0) is 68.0 Å². The highest BCUT2D eigenvalue weighted by atomic mass is 16.5. The van der Waals surface area contributed by atoms with Gasteiger partial charge in [0.15, 0.2) is 11.5 Å². The van der Waals surface area contributed by atoms with E-state index in [1.807, 2.05) is 55.1 Å². The van der Waals surface area contributed by atoms with E-state index in [0.29, 0.717) is 31.1 Å². The molecular formula is C25H28N2O4. The maximum atomic E-state index is 13.5. The molecule has 3 aliphatic rings. The van der Waals surface area contributed by atoms with Gasteiger partial charge in [-0.15, -0.1) is 0 Å². The van der Waals surface area contributed by atoms with E-state index in [1.54, 1.807) is 0 Å². The van der Waals surface area contributed by atoms with Crippen molar-refractivity contribution in [2.75, 3.05) is 19.8 Å². The van der Waals surface area contributed by atoms with E-state index in [9.17, 15) is 9.59 Å². The summed E-state index contributed by atoms with van der Waals surface area (Å²) in [5.74, 6) is 0.933. The highest BCUT2D eigenvalue weighted by Crippen LogP contribution is 2.48. The van der Waals surface area contributed by atoms with Gasteiger partial charge in [0.1, 0.15) is 0 Å². The molecule has 2 atom stereocenters. The van der Waals surface area contributed by atoms with Gasteiger partial charge in [0.2, 0.25) is 5.91 Å². The maximum absolute atomic E-state index is 13.5. The first-order valence-corrected chi connectivity index (χ1v) is 11.2. The van der Waals surface area contributed by atoms with Gasteiger partial charge in [0, 0.05) is 18.2 Å². The van der Waals surface area contributed by atoms with E-state index in [2.05, 4.69) is 5.32 Å². The van der Waals surface area contributed by atoms with Crippen LogP contribution in [0.25, 0.3) is 0 Å². The molecule has 2 aromatic rings. The normalized spacial score (nSPS) is 21.6. The van der Waals surface area contributed by atoms with E-state index in [1.165, 1.54) is 0 Å². The molecule has 6 heteroatoms. The number of carbonyl (C=O) groups excluding carboxylic acids is 2. The molecule has 1 saturated carbocycles. The lowest BCUT2D eigenvalue weighted by atomic mass is 9.75. The van der Waals surface area contributed by atoms with Crippen LogP contribution in [0, 0.1) is 0 Å². The molecule has 0 bridgehead atoms. The SMILES string of the molecule is CCOc1cc2c(cc1OCC)[C@H]1[C@H](C(=O)NC3CC3)c3ccccc3C(=O)N1CC2. The van der Waals surface area contributed by atoms with Gasteiger partial charge < -0.3 is 19.7 Å². The third kappa shape index (κ3) is 3.44. The van der Waals surface area contributed by atoms with Crippen LogP contribution in [0.4, 0.5) is 0 Å². The predicted octanol–water partition coefficient (Wildman–Crippen LogP) is 3.60. The lowest BCUT2D eigenvalue weighted by Crippen LogP contribution is -2.50. The van der Waals surface area contributed by atoms with E-state index in [0.717, 1.165) is 41.7 Å². The number of hydrogen-bond donors (Lipinski definition) is 1. The van der Waals surface area contributed by atoms with E-state index >= 15 is 0 Å². The minimum Gasteiger partial charge on any atom is -0.490 e. The summed E-state index contributed by atoms with van der Waals surface area (Å²) >= 11 is 0. The van der Waals surface area contributed by atoms with E-state index in [-0.39, 0.29) is 23.9 Å². The fourth-order valence-corrected chi connectivity index (χ4v) is 4.87. The number of hydrogen-bond acceptors (Lipinski definition) is 4. The Bertz CT molecular complexity index is 1030. The quantitative estimate of drug-likeness (QED) is 0.775. The molecule has 0 spiro atoms. The van der Waals surface area contributed by atoms with Crippen LogP contribution in [0.2, 0.25) is 0 Å². The summed E-state index contributed by atoms with van der Waals surface area (Å²) in [6, 6.07) is 11.5. The zero-order valence-electron chi connectivity index (χ0n) is 18.0. The Balaban J connectivity index is 1.65. The monoisotopic (exact) mass is 420 g/mol. The average Bonchev–Trinajstić information content (AvgIpc) is 3.58. The number of rotatable bonds is 6. The number of nitrogens with one attached hydrogen (secondary N) is 1. The van der Waals surface area contributed by atoms with Crippen molar-refractivity contribution in [1.82, 2.24) is 10.2 Å². The number of benzene rings is 2. The van der Waals surface area contributed by atoms with E-state index in [4.69, 9.17) is 9.47 Å². The molecule has 0 unspecified atom stereocenters. The molecule has 2 aliphatic heterocycles. The molecule has 2 heterocycles. The lowest BCUT2D eigenvalue weighted by Gasteiger charge is -2.45. The average molecular weight is 421 g/mol. The van der Waals surface area contributed by atoms with Crippen molar-refractivity contribution in [3.05, 3.63) is 58.7 Å². The van der Waals surface area contributed by atoms with E-state index < -0.39 is 5.92 Å². The number of fused-ring (bicyclic) bond motifs is 4. The number of nitrogens with zero attached hydrogens (tertiary/aromatic N) is 1. The van der Waals surface area contributed by atoms with Gasteiger partial charge in [0.05, 0.1) is 25.2 Å². The number of ether oxygens (including phenoxy) is 2. The smallest absolute Gasteiger partial charge is 0.254 e. The highest BCUT2D eigenvalue weighted by Gasteiger charge is 2.47. The summed E-state index contributed by atoms with van der Waals surface area (Å²) in [6.07, 6.45) is 2.77. The molecule has 5 rings (SSSR count). The first-order chi connectivity index (χ1) is 15.1. The molecule has 0 saturated heterocycles. The van der Waals surface area contributed by atoms with Crippen LogP contribution in [0.15, 0.2) is 36.4 Å². The summed E-state index contributed by atoms with van der Waals surface area (Å²) in [5.41, 5.74) is 3.54. The van der Waals surface area contributed by atoms with Gasteiger partial charge in [-0.1, -0.05) is 18.2 Å². The van der Waals surface area contributed by atoms with Gasteiger partial charge in [-0.2, -0.15) is 0 Å². The van der Waals surface area contributed by atoms with Gasteiger partial charge in [0.25, 0.3) is 5.91 Å². The van der Waals surface area contributed by atoms with Crippen molar-refractivity contribution in [2.24, 2.45) is 0 Å². The number of amides is 2. The fraction of sp³-hybridized carbons (Fsp3) is 0.440. The summed E-state index contributed by atoms with van der Waals surface area (Å²) in [4.78, 5) is 28.7. The highest BCUT2D eigenvalue weighted by molar-refractivity contribution is 6.01. The van der Waals surface area contributed by atoms with Crippen molar-refractivity contribution in [3.63, 3.8) is 0 Å². The standard InChI is InChI=1S/C25H28N2O4/c1-3-30-20-13-15-11-12-27-23(19(15)14-21(20)31-4-2)22(24(28)26-16-9-10-16)17-7-5-6-8-18(17)25(27)29/h5-8,13-14,16,22-23H,3-4,9-12H2,1-2H3,(H,26,28)/t22-,23+/m1/s1. The summed E-state index contributed by atoms with van der Waals surface area (Å²) in [7, 11) is 0. The molecule has 31 heavy (non-hydrogen) atoms. The summed E-state index contributed by atoms with van der Waals surface area (Å²) in [6.45, 7) is 5.53. The molecule has 1 fully saturated rings. The minimum atomic E-state index is -0.444. The van der Waals surface area contributed by atoms with Gasteiger partial charge in [-0.25, -0.2) is 0 Å². The zero-order chi connectivity index (χ0) is 21.5. The summed E-state index contributed by atoms with van der Waals surface area (Å²) < 4.78 is 11.7. The van der Waals surface area contributed by atoms with Gasteiger partial charge in [-0.3, -0.25) is 9.59 Å². The van der Waals surface area contributed by atoms with Crippen LogP contribution >= 0.6 is 0 Å². The molecule has 1 aliphatic carbocycles. The second-order valence-corrected chi connectivity index (χ2v) is 8.40. The Labute approximate surface area is 182 Å². The Hall–Kier alpha value is -3.02. The second-order valence-electron chi connectivity index (χ2n) is 8.40. The third-order valence-electron chi connectivity index (χ3n) is 6.39. The van der Waals surface area contributed by atoms with Crippen LogP contribution in [-0.2, 0) is 11.2 Å². The molecular weight excluding hydrogens is 392 g/mol. The van der Waals surface area contributed by atoms with Crippen LogP contribution in [0.5, 0.6) is 11.5 Å². The Morgan fingerprint density at radius 3 is 2.48 bits per heavy atom. The molecule has 0 aromatic heterocycles. The Kier molecular flexibility index (Phi) is 5.08. The molecule has 1 N–H and O–H groups in total. The van der Waals surface area contributed by atoms with Crippen molar-refractivity contribution in [2.45, 2.75) is 51.1 Å². The van der Waals surface area contributed by atoms with Crippen molar-refractivity contribution in [1.29, 1.82) is 0 Å². The minimum absolute atomic E-state index is 0.00264. The number of carbonyl (C=O) groups is 2. The van der Waals surface area contributed by atoms with Crippen LogP contribution < -0.4 is 14.8 Å². The van der Waals surface area contributed by atoms with Crippen molar-refractivity contribution in [3.8, 4) is 11.5 Å². The molecule has 162 valence electrons. The molecule has 6 nitrogen and oxygen atoms in total. The van der Waals surface area contributed by atoms with Crippen LogP contribution in [-0.4, -0.2) is 42.5 Å². The molecule has 2 aromatic carbocycles. The largest absolute Gasteiger partial charge is 0.490 e. The first kappa shape index (κ1) is 19.9. The van der Waals surface area contributed by atoms with Crippen LogP contribution in [0.3, 0.4) is 0 Å². The zero-order valence-corrected chi connectivity index (χ0v) is 18.0. The third-order valence-corrected chi connectivity index (χ3v) is 6.39. The van der Waals surface area contributed by atoms with Crippen molar-refractivity contribution >= 4 is 11.8 Å². The molecule has 0 radical (unpaired) electrons. The molecule has 2 amide bonds. The maximum Gasteiger partial charge on any atom is 0.254 e. The lowest BCUT2D eigenvalue weighted by molar-refractivity contribution is -0.124.